The minimum Gasteiger partial charge on any atom is -0.276 e. The third-order valence-corrected chi connectivity index (χ3v) is 3.82. The first kappa shape index (κ1) is 16.0. The Morgan fingerprint density at radius 3 is 2.67 bits per heavy atom. The van der Waals surface area contributed by atoms with Gasteiger partial charge in [0.05, 0.1) is 17.8 Å². The molecule has 2 aromatic rings. The number of halogens is 4. The molecule has 1 aromatic carbocycles. The van der Waals surface area contributed by atoms with Crippen LogP contribution in [0.5, 0.6) is 0 Å². The molecule has 0 radical (unpaired) electrons. The highest BCUT2D eigenvalue weighted by molar-refractivity contribution is 9.10. The summed E-state index contributed by atoms with van der Waals surface area (Å²) in [7, 11) is 1.77. The SMILES string of the molecule is Cn1cc(CC(NN)c2cc(C(F)(F)F)ccc2Br)cn1. The minimum atomic E-state index is -4.39. The van der Waals surface area contributed by atoms with E-state index >= 15 is 0 Å². The van der Waals surface area contributed by atoms with Gasteiger partial charge in [-0.25, -0.2) is 0 Å². The van der Waals surface area contributed by atoms with Crippen LogP contribution in [0.25, 0.3) is 0 Å². The quantitative estimate of drug-likeness (QED) is 0.649. The zero-order valence-electron chi connectivity index (χ0n) is 11.2. The Kier molecular flexibility index (Phi) is 4.70. The van der Waals surface area contributed by atoms with E-state index in [2.05, 4.69) is 26.5 Å². The molecule has 0 bridgehead atoms. The van der Waals surface area contributed by atoms with Gasteiger partial charge in [0.15, 0.2) is 0 Å². The fraction of sp³-hybridized carbons (Fsp3) is 0.308. The van der Waals surface area contributed by atoms with Crippen LogP contribution in [0.3, 0.4) is 0 Å². The van der Waals surface area contributed by atoms with Crippen molar-refractivity contribution in [3.05, 3.63) is 51.8 Å². The van der Waals surface area contributed by atoms with Gasteiger partial charge in [-0.3, -0.25) is 16.0 Å². The molecule has 0 amide bonds. The molecule has 1 atom stereocenters. The summed E-state index contributed by atoms with van der Waals surface area (Å²) < 4.78 is 40.7. The minimum absolute atomic E-state index is 0.435. The molecule has 1 unspecified atom stereocenters. The van der Waals surface area contributed by atoms with Crippen molar-refractivity contribution >= 4 is 15.9 Å². The van der Waals surface area contributed by atoms with E-state index in [9.17, 15) is 13.2 Å². The van der Waals surface area contributed by atoms with Crippen molar-refractivity contribution in [2.24, 2.45) is 12.9 Å². The van der Waals surface area contributed by atoms with E-state index in [1.165, 1.54) is 6.07 Å². The van der Waals surface area contributed by atoms with Gasteiger partial charge in [0, 0.05) is 17.7 Å². The number of aromatic nitrogens is 2. The highest BCUT2D eigenvalue weighted by Gasteiger charge is 2.31. The molecule has 0 aliphatic carbocycles. The van der Waals surface area contributed by atoms with E-state index in [0.717, 1.165) is 17.7 Å². The fourth-order valence-corrected chi connectivity index (χ4v) is 2.58. The van der Waals surface area contributed by atoms with Crippen molar-refractivity contribution in [1.29, 1.82) is 0 Å². The van der Waals surface area contributed by atoms with E-state index < -0.39 is 17.8 Å². The Balaban J connectivity index is 2.33. The predicted molar refractivity (Wildman–Crippen MR) is 76.1 cm³/mol. The number of hydrogen-bond acceptors (Lipinski definition) is 3. The number of nitrogens with one attached hydrogen (secondary N) is 1. The van der Waals surface area contributed by atoms with Gasteiger partial charge in [-0.05, 0) is 35.7 Å². The van der Waals surface area contributed by atoms with Crippen LogP contribution in [0.2, 0.25) is 0 Å². The van der Waals surface area contributed by atoms with Crippen LogP contribution < -0.4 is 11.3 Å². The first-order valence-electron chi connectivity index (χ1n) is 6.11. The average Bonchev–Trinajstić information content (AvgIpc) is 2.81. The Morgan fingerprint density at radius 1 is 1.43 bits per heavy atom. The van der Waals surface area contributed by atoms with Crippen molar-refractivity contribution in [2.45, 2.75) is 18.6 Å². The fourth-order valence-electron chi connectivity index (χ4n) is 2.06. The molecule has 0 aliphatic rings. The van der Waals surface area contributed by atoms with E-state index in [1.54, 1.807) is 24.1 Å². The van der Waals surface area contributed by atoms with Crippen LogP contribution in [0, 0.1) is 0 Å². The molecule has 1 aromatic heterocycles. The lowest BCUT2D eigenvalue weighted by Crippen LogP contribution is -2.30. The maximum absolute atomic E-state index is 12.8. The van der Waals surface area contributed by atoms with Crippen molar-refractivity contribution < 1.29 is 13.2 Å². The Morgan fingerprint density at radius 2 is 2.14 bits per heavy atom. The van der Waals surface area contributed by atoms with Gasteiger partial charge in [0.1, 0.15) is 0 Å². The van der Waals surface area contributed by atoms with E-state index in [4.69, 9.17) is 5.84 Å². The Hall–Kier alpha value is -1.38. The number of aryl methyl sites for hydroxylation is 1. The summed E-state index contributed by atoms with van der Waals surface area (Å²) in [6.07, 6.45) is -0.495. The molecular formula is C13H14BrF3N4. The maximum Gasteiger partial charge on any atom is 0.416 e. The molecule has 0 saturated carbocycles. The molecule has 0 aliphatic heterocycles. The molecule has 0 spiro atoms. The van der Waals surface area contributed by atoms with Crippen LogP contribution in [-0.2, 0) is 19.6 Å². The number of hydrogen-bond donors (Lipinski definition) is 2. The summed E-state index contributed by atoms with van der Waals surface area (Å²) in [6, 6.07) is 3.06. The van der Waals surface area contributed by atoms with Gasteiger partial charge >= 0.3 is 6.18 Å². The van der Waals surface area contributed by atoms with E-state index in [-0.39, 0.29) is 0 Å². The van der Waals surface area contributed by atoms with Crippen LogP contribution >= 0.6 is 15.9 Å². The van der Waals surface area contributed by atoms with E-state index in [1.807, 2.05) is 0 Å². The first-order chi connectivity index (χ1) is 9.81. The normalized spacial score (nSPS) is 13.4. The van der Waals surface area contributed by atoms with Crippen LogP contribution in [0.15, 0.2) is 35.1 Å². The summed E-state index contributed by atoms with van der Waals surface area (Å²) in [5.74, 6) is 5.51. The highest BCUT2D eigenvalue weighted by Crippen LogP contribution is 2.34. The zero-order valence-corrected chi connectivity index (χ0v) is 12.7. The highest BCUT2D eigenvalue weighted by atomic mass is 79.9. The molecule has 3 N–H and O–H groups in total. The Labute approximate surface area is 128 Å². The smallest absolute Gasteiger partial charge is 0.276 e. The standard InChI is InChI=1S/C13H14BrF3N4/c1-21-7-8(6-19-21)4-12(20-18)10-5-9(13(15,16)17)2-3-11(10)14/h2-3,5-7,12,20H,4,18H2,1H3. The third-order valence-electron chi connectivity index (χ3n) is 3.10. The second-order valence-electron chi connectivity index (χ2n) is 4.68. The van der Waals surface area contributed by atoms with Gasteiger partial charge in [0.25, 0.3) is 0 Å². The maximum atomic E-state index is 12.8. The lowest BCUT2D eigenvalue weighted by molar-refractivity contribution is -0.137. The molecule has 8 heteroatoms. The number of benzene rings is 1. The van der Waals surface area contributed by atoms with E-state index in [0.29, 0.717) is 16.5 Å². The lowest BCUT2D eigenvalue weighted by atomic mass is 9.99. The predicted octanol–water partition coefficient (Wildman–Crippen LogP) is 2.95. The first-order valence-corrected chi connectivity index (χ1v) is 6.91. The van der Waals surface area contributed by atoms with Crippen molar-refractivity contribution in [2.75, 3.05) is 0 Å². The van der Waals surface area contributed by atoms with Gasteiger partial charge in [-0.15, -0.1) is 0 Å². The topological polar surface area (TPSA) is 55.9 Å². The summed E-state index contributed by atoms with van der Waals surface area (Å²) in [6.45, 7) is 0. The summed E-state index contributed by atoms with van der Waals surface area (Å²) in [5.41, 5.74) is 3.19. The average molecular weight is 363 g/mol. The number of hydrazine groups is 1. The third kappa shape index (κ3) is 3.84. The van der Waals surface area contributed by atoms with Crippen LogP contribution in [0.1, 0.15) is 22.7 Å². The van der Waals surface area contributed by atoms with Crippen LogP contribution in [0.4, 0.5) is 13.2 Å². The number of nitrogens with two attached hydrogens (primary N) is 1. The molecule has 4 nitrogen and oxygen atoms in total. The van der Waals surface area contributed by atoms with Gasteiger partial charge in [-0.2, -0.15) is 18.3 Å². The molecule has 114 valence electrons. The number of alkyl halides is 3. The van der Waals surface area contributed by atoms with Crippen molar-refractivity contribution in [1.82, 2.24) is 15.2 Å². The largest absolute Gasteiger partial charge is 0.416 e. The van der Waals surface area contributed by atoms with Crippen molar-refractivity contribution in [3.8, 4) is 0 Å². The zero-order chi connectivity index (χ0) is 15.6. The van der Waals surface area contributed by atoms with Crippen LogP contribution in [-0.4, -0.2) is 9.78 Å². The number of rotatable bonds is 4. The number of nitrogens with zero attached hydrogens (tertiary/aromatic N) is 2. The molecule has 0 fully saturated rings. The second kappa shape index (κ2) is 6.17. The molecule has 1 heterocycles. The molecule has 2 rings (SSSR count). The molecule has 21 heavy (non-hydrogen) atoms. The monoisotopic (exact) mass is 362 g/mol. The summed E-state index contributed by atoms with van der Waals surface area (Å²) in [4.78, 5) is 0. The lowest BCUT2D eigenvalue weighted by Gasteiger charge is -2.19. The van der Waals surface area contributed by atoms with Crippen molar-refractivity contribution in [3.63, 3.8) is 0 Å². The molecule has 0 saturated heterocycles. The second-order valence-corrected chi connectivity index (χ2v) is 5.53. The van der Waals surface area contributed by atoms with Gasteiger partial charge < -0.3 is 0 Å². The Bertz CT molecular complexity index is 624. The molecular weight excluding hydrogens is 349 g/mol. The van der Waals surface area contributed by atoms with Gasteiger partial charge in [0.2, 0.25) is 0 Å². The van der Waals surface area contributed by atoms with Gasteiger partial charge in [-0.1, -0.05) is 15.9 Å². The summed E-state index contributed by atoms with van der Waals surface area (Å²) in [5, 5.41) is 4.03. The summed E-state index contributed by atoms with van der Waals surface area (Å²) >= 11 is 3.27.